The standard InChI is InChI=1S/C9H18N2O3/c1-2-5-13-8-6-11-4-3-7(8)14-9(10)12/h7-8,11H,2-6H2,1H3,(H2,10,12). The Hall–Kier alpha value is -0.810. The summed E-state index contributed by atoms with van der Waals surface area (Å²) in [5.41, 5.74) is 4.98. The Morgan fingerprint density at radius 3 is 3.00 bits per heavy atom. The Bertz CT molecular complexity index is 187. The maximum Gasteiger partial charge on any atom is 0.404 e. The van der Waals surface area contributed by atoms with E-state index < -0.39 is 6.09 Å². The van der Waals surface area contributed by atoms with E-state index in [1.165, 1.54) is 0 Å². The van der Waals surface area contributed by atoms with Gasteiger partial charge < -0.3 is 20.5 Å². The molecule has 0 spiro atoms. The molecule has 0 aliphatic carbocycles. The number of ether oxygens (including phenoxy) is 2. The van der Waals surface area contributed by atoms with Gasteiger partial charge in [0, 0.05) is 13.2 Å². The van der Waals surface area contributed by atoms with Crippen LogP contribution < -0.4 is 11.1 Å². The summed E-state index contributed by atoms with van der Waals surface area (Å²) in [6.45, 7) is 4.28. The molecule has 0 radical (unpaired) electrons. The van der Waals surface area contributed by atoms with Gasteiger partial charge in [0.25, 0.3) is 0 Å². The van der Waals surface area contributed by atoms with Gasteiger partial charge in [-0.25, -0.2) is 4.79 Å². The number of carbonyl (C=O) groups excluding carboxylic acids is 1. The molecule has 1 rings (SSSR count). The van der Waals surface area contributed by atoms with E-state index in [1.54, 1.807) is 0 Å². The molecule has 2 unspecified atom stereocenters. The molecule has 1 aliphatic rings. The topological polar surface area (TPSA) is 73.6 Å². The zero-order valence-electron chi connectivity index (χ0n) is 8.49. The minimum Gasteiger partial charge on any atom is -0.444 e. The molecule has 0 bridgehead atoms. The molecule has 0 saturated carbocycles. The minimum absolute atomic E-state index is 0.0591. The van der Waals surface area contributed by atoms with Gasteiger partial charge in [-0.1, -0.05) is 6.92 Å². The van der Waals surface area contributed by atoms with Gasteiger partial charge in [0.2, 0.25) is 0 Å². The van der Waals surface area contributed by atoms with Gasteiger partial charge >= 0.3 is 6.09 Å². The third-order valence-electron chi connectivity index (χ3n) is 2.17. The average molecular weight is 202 g/mol. The Labute approximate surface area is 83.9 Å². The van der Waals surface area contributed by atoms with E-state index >= 15 is 0 Å². The number of carbonyl (C=O) groups is 1. The molecule has 1 fully saturated rings. The van der Waals surface area contributed by atoms with Crippen LogP contribution in [-0.2, 0) is 9.47 Å². The van der Waals surface area contributed by atoms with Gasteiger partial charge in [0.15, 0.2) is 0 Å². The quantitative estimate of drug-likeness (QED) is 0.685. The number of piperidine rings is 1. The third-order valence-corrected chi connectivity index (χ3v) is 2.17. The summed E-state index contributed by atoms with van der Waals surface area (Å²) in [4.78, 5) is 10.6. The molecule has 0 aromatic rings. The smallest absolute Gasteiger partial charge is 0.404 e. The molecular formula is C9H18N2O3. The van der Waals surface area contributed by atoms with Crippen molar-refractivity contribution in [2.45, 2.75) is 32.0 Å². The van der Waals surface area contributed by atoms with Gasteiger partial charge in [-0.2, -0.15) is 0 Å². The first-order chi connectivity index (χ1) is 6.74. The fraction of sp³-hybridized carbons (Fsp3) is 0.889. The maximum absolute atomic E-state index is 10.6. The highest BCUT2D eigenvalue weighted by molar-refractivity contribution is 5.64. The van der Waals surface area contributed by atoms with Crippen LogP contribution in [-0.4, -0.2) is 38.0 Å². The SMILES string of the molecule is CCCOC1CNCCC1OC(N)=O. The lowest BCUT2D eigenvalue weighted by molar-refractivity contribution is -0.0545. The molecule has 14 heavy (non-hydrogen) atoms. The second-order valence-corrected chi connectivity index (χ2v) is 3.38. The van der Waals surface area contributed by atoms with Crippen molar-refractivity contribution in [3.8, 4) is 0 Å². The second-order valence-electron chi connectivity index (χ2n) is 3.38. The van der Waals surface area contributed by atoms with Crippen LogP contribution in [0.3, 0.4) is 0 Å². The molecule has 1 aliphatic heterocycles. The van der Waals surface area contributed by atoms with E-state index in [0.29, 0.717) is 6.61 Å². The van der Waals surface area contributed by atoms with Crippen LogP contribution in [0.4, 0.5) is 4.79 Å². The zero-order chi connectivity index (χ0) is 10.4. The van der Waals surface area contributed by atoms with Crippen molar-refractivity contribution >= 4 is 6.09 Å². The summed E-state index contributed by atoms with van der Waals surface area (Å²) >= 11 is 0. The summed E-state index contributed by atoms with van der Waals surface area (Å²) in [5, 5.41) is 3.19. The molecule has 5 heteroatoms. The van der Waals surface area contributed by atoms with E-state index in [4.69, 9.17) is 15.2 Å². The molecule has 5 nitrogen and oxygen atoms in total. The van der Waals surface area contributed by atoms with E-state index in [1.807, 2.05) is 6.92 Å². The maximum atomic E-state index is 10.6. The van der Waals surface area contributed by atoms with Gasteiger partial charge in [-0.3, -0.25) is 0 Å². The third kappa shape index (κ3) is 3.51. The molecule has 82 valence electrons. The van der Waals surface area contributed by atoms with Crippen molar-refractivity contribution in [1.29, 1.82) is 0 Å². The van der Waals surface area contributed by atoms with E-state index in [0.717, 1.165) is 25.9 Å². The Morgan fingerprint density at radius 2 is 2.36 bits per heavy atom. The predicted octanol–water partition coefficient (Wildman–Crippen LogP) is 0.239. The molecular weight excluding hydrogens is 184 g/mol. The molecule has 2 atom stereocenters. The number of nitrogens with two attached hydrogens (primary N) is 1. The summed E-state index contributed by atoms with van der Waals surface area (Å²) < 4.78 is 10.5. The van der Waals surface area contributed by atoms with Gasteiger partial charge in [-0.05, 0) is 19.4 Å². The first-order valence-electron chi connectivity index (χ1n) is 5.02. The fourth-order valence-corrected chi connectivity index (χ4v) is 1.53. The molecule has 1 saturated heterocycles. The van der Waals surface area contributed by atoms with Gasteiger partial charge in [-0.15, -0.1) is 0 Å². The Morgan fingerprint density at radius 1 is 1.57 bits per heavy atom. The van der Waals surface area contributed by atoms with Gasteiger partial charge in [0.05, 0.1) is 0 Å². The molecule has 1 heterocycles. The molecule has 0 aromatic carbocycles. The average Bonchev–Trinajstić information content (AvgIpc) is 2.16. The normalized spacial score (nSPS) is 27.2. The number of rotatable bonds is 4. The number of primary amides is 1. The first kappa shape index (κ1) is 11.3. The van der Waals surface area contributed by atoms with Crippen LogP contribution in [0.1, 0.15) is 19.8 Å². The summed E-state index contributed by atoms with van der Waals surface area (Å²) in [5.74, 6) is 0. The lowest BCUT2D eigenvalue weighted by atomic mass is 10.1. The largest absolute Gasteiger partial charge is 0.444 e. The van der Waals surface area contributed by atoms with Crippen LogP contribution in [0.15, 0.2) is 0 Å². The number of hydrogen-bond donors (Lipinski definition) is 2. The summed E-state index contributed by atoms with van der Waals surface area (Å²) in [6.07, 6.45) is 0.746. The highest BCUT2D eigenvalue weighted by atomic mass is 16.6. The molecule has 0 aromatic heterocycles. The lowest BCUT2D eigenvalue weighted by Gasteiger charge is -2.30. The number of amides is 1. The van der Waals surface area contributed by atoms with Crippen molar-refractivity contribution in [2.24, 2.45) is 5.73 Å². The highest BCUT2D eigenvalue weighted by Gasteiger charge is 2.27. The summed E-state index contributed by atoms with van der Waals surface area (Å²) in [7, 11) is 0. The van der Waals surface area contributed by atoms with Crippen LogP contribution >= 0.6 is 0 Å². The second kappa shape index (κ2) is 5.82. The van der Waals surface area contributed by atoms with Crippen LogP contribution in [0.2, 0.25) is 0 Å². The molecule has 3 N–H and O–H groups in total. The van der Waals surface area contributed by atoms with Crippen molar-refractivity contribution in [1.82, 2.24) is 5.32 Å². The Balaban J connectivity index is 2.37. The number of nitrogens with one attached hydrogen (secondary N) is 1. The predicted molar refractivity (Wildman–Crippen MR) is 52.0 cm³/mol. The number of hydrogen-bond acceptors (Lipinski definition) is 4. The van der Waals surface area contributed by atoms with E-state index in [-0.39, 0.29) is 12.2 Å². The fourth-order valence-electron chi connectivity index (χ4n) is 1.53. The molecule has 1 amide bonds. The van der Waals surface area contributed by atoms with Crippen LogP contribution in [0.5, 0.6) is 0 Å². The van der Waals surface area contributed by atoms with E-state index in [9.17, 15) is 4.79 Å². The summed E-state index contributed by atoms with van der Waals surface area (Å²) in [6, 6.07) is 0. The van der Waals surface area contributed by atoms with Crippen molar-refractivity contribution in [2.75, 3.05) is 19.7 Å². The Kier molecular flexibility index (Phi) is 4.69. The van der Waals surface area contributed by atoms with Crippen molar-refractivity contribution in [3.05, 3.63) is 0 Å². The monoisotopic (exact) mass is 202 g/mol. The minimum atomic E-state index is -0.720. The van der Waals surface area contributed by atoms with Crippen LogP contribution in [0, 0.1) is 0 Å². The van der Waals surface area contributed by atoms with E-state index in [2.05, 4.69) is 5.32 Å². The lowest BCUT2D eigenvalue weighted by Crippen LogP contribution is -2.48. The van der Waals surface area contributed by atoms with Crippen LogP contribution in [0.25, 0.3) is 0 Å². The van der Waals surface area contributed by atoms with Crippen molar-refractivity contribution in [3.63, 3.8) is 0 Å². The zero-order valence-corrected chi connectivity index (χ0v) is 8.49. The van der Waals surface area contributed by atoms with Crippen molar-refractivity contribution < 1.29 is 14.3 Å². The first-order valence-corrected chi connectivity index (χ1v) is 5.02. The van der Waals surface area contributed by atoms with Gasteiger partial charge in [0.1, 0.15) is 12.2 Å². The highest BCUT2D eigenvalue weighted by Crippen LogP contribution is 2.12.